The predicted molar refractivity (Wildman–Crippen MR) is 74.0 cm³/mol. The zero-order valence-corrected chi connectivity index (χ0v) is 12.2. The third-order valence-electron chi connectivity index (χ3n) is 2.51. The summed E-state index contributed by atoms with van der Waals surface area (Å²) in [4.78, 5) is 21.7. The van der Waals surface area contributed by atoms with Crippen LogP contribution in [-0.4, -0.2) is 25.4 Å². The van der Waals surface area contributed by atoms with Gasteiger partial charge in [0.15, 0.2) is 0 Å². The highest BCUT2D eigenvalue weighted by molar-refractivity contribution is 7.92. The molecule has 0 fully saturated rings. The first kappa shape index (κ1) is 15.1. The Hall–Kier alpha value is -2.33. The van der Waals surface area contributed by atoms with Crippen molar-refractivity contribution in [3.05, 3.63) is 33.9 Å². The third kappa shape index (κ3) is 2.90. The lowest BCUT2D eigenvalue weighted by Gasteiger charge is -2.06. The van der Waals surface area contributed by atoms with E-state index in [-0.39, 0.29) is 21.2 Å². The number of rotatable bonds is 5. The largest absolute Gasteiger partial charge is 0.475 e. The molecule has 0 aromatic carbocycles. The van der Waals surface area contributed by atoms with Gasteiger partial charge < -0.3 is 15.3 Å². The van der Waals surface area contributed by atoms with Crippen molar-refractivity contribution in [3.8, 4) is 0 Å². The summed E-state index contributed by atoms with van der Waals surface area (Å²) in [5, 5.41) is 10.3. The molecule has 2 aromatic heterocycles. The number of nitrogens with one attached hydrogen (secondary N) is 1. The number of furan rings is 1. The number of aromatic carboxylic acids is 1. The third-order valence-corrected chi connectivity index (χ3v) is 4.91. The lowest BCUT2D eigenvalue weighted by Crippen LogP contribution is -2.17. The molecule has 0 saturated heterocycles. The van der Waals surface area contributed by atoms with Crippen LogP contribution in [0.4, 0.5) is 5.69 Å². The lowest BCUT2D eigenvalue weighted by atomic mass is 10.4. The Kier molecular flexibility index (Phi) is 3.75. The number of anilines is 1. The number of primary amides is 1. The molecule has 112 valence electrons. The maximum Gasteiger partial charge on any atom is 0.371 e. The zero-order chi connectivity index (χ0) is 15.8. The molecular weight excluding hydrogens is 320 g/mol. The molecule has 8 nitrogen and oxygen atoms in total. The van der Waals surface area contributed by atoms with Crippen molar-refractivity contribution >= 4 is 38.9 Å². The molecular formula is C11H10N2O6S2. The minimum Gasteiger partial charge on any atom is -0.475 e. The van der Waals surface area contributed by atoms with E-state index in [0.29, 0.717) is 0 Å². The van der Waals surface area contributed by atoms with Gasteiger partial charge in [-0.25, -0.2) is 13.2 Å². The second kappa shape index (κ2) is 5.22. The summed E-state index contributed by atoms with van der Waals surface area (Å²) in [6.45, 7) is 1.32. The van der Waals surface area contributed by atoms with Crippen LogP contribution in [0.5, 0.6) is 0 Å². The van der Waals surface area contributed by atoms with Gasteiger partial charge in [0.25, 0.3) is 15.9 Å². The summed E-state index contributed by atoms with van der Waals surface area (Å²) in [5.74, 6) is -2.71. The van der Waals surface area contributed by atoms with Crippen LogP contribution in [0.3, 0.4) is 0 Å². The van der Waals surface area contributed by atoms with Crippen LogP contribution in [-0.2, 0) is 10.0 Å². The van der Waals surface area contributed by atoms with Gasteiger partial charge in [0, 0.05) is 6.07 Å². The fraction of sp³-hybridized carbons (Fsp3) is 0.0909. The number of aryl methyl sites for hydroxylation is 1. The van der Waals surface area contributed by atoms with Gasteiger partial charge in [-0.15, -0.1) is 11.3 Å². The smallest absolute Gasteiger partial charge is 0.371 e. The fourth-order valence-electron chi connectivity index (χ4n) is 1.62. The van der Waals surface area contributed by atoms with Crippen LogP contribution in [0, 0.1) is 6.92 Å². The Morgan fingerprint density at radius 1 is 1.43 bits per heavy atom. The zero-order valence-electron chi connectivity index (χ0n) is 10.6. The molecule has 0 saturated carbocycles. The van der Waals surface area contributed by atoms with Crippen molar-refractivity contribution in [2.45, 2.75) is 11.8 Å². The van der Waals surface area contributed by atoms with Gasteiger partial charge in [0.1, 0.15) is 15.5 Å². The number of carboxylic acid groups (broad SMARTS) is 1. The van der Waals surface area contributed by atoms with E-state index in [9.17, 15) is 18.0 Å². The molecule has 10 heteroatoms. The van der Waals surface area contributed by atoms with Crippen LogP contribution in [0.25, 0.3) is 0 Å². The first-order chi connectivity index (χ1) is 9.72. The quantitative estimate of drug-likeness (QED) is 0.753. The molecule has 21 heavy (non-hydrogen) atoms. The summed E-state index contributed by atoms with van der Waals surface area (Å²) < 4.78 is 31.5. The number of hydrogen-bond acceptors (Lipinski definition) is 6. The molecule has 2 rings (SSSR count). The van der Waals surface area contributed by atoms with E-state index in [1.807, 2.05) is 0 Å². The average molecular weight is 330 g/mol. The van der Waals surface area contributed by atoms with Crippen molar-refractivity contribution in [1.82, 2.24) is 0 Å². The van der Waals surface area contributed by atoms with E-state index in [1.165, 1.54) is 18.4 Å². The van der Waals surface area contributed by atoms with Crippen LogP contribution >= 0.6 is 11.3 Å². The van der Waals surface area contributed by atoms with E-state index in [2.05, 4.69) is 4.72 Å². The highest BCUT2D eigenvalue weighted by Crippen LogP contribution is 2.27. The molecule has 1 amide bonds. The predicted octanol–water partition coefficient (Wildman–Crippen LogP) is 1.25. The summed E-state index contributed by atoms with van der Waals surface area (Å²) in [7, 11) is -4.09. The summed E-state index contributed by atoms with van der Waals surface area (Å²) in [6.07, 6.45) is 0. The van der Waals surface area contributed by atoms with Gasteiger partial charge in [-0.3, -0.25) is 9.52 Å². The Balaban J connectivity index is 2.41. The second-order valence-corrected chi connectivity index (χ2v) is 6.54. The number of nitrogens with two attached hydrogens (primary N) is 1. The Morgan fingerprint density at radius 2 is 2.10 bits per heavy atom. The number of sulfonamides is 1. The molecule has 0 atom stereocenters. The number of hydrogen-bond donors (Lipinski definition) is 3. The van der Waals surface area contributed by atoms with Crippen LogP contribution in [0.15, 0.2) is 26.8 Å². The van der Waals surface area contributed by atoms with E-state index < -0.39 is 27.7 Å². The standard InChI is InChI=1S/C11H10N2O6S2/c1-5-8(4-7(19-5)11(15)16)21(17,18)13-6-2-3-20-9(6)10(12)14/h2-4,13H,1H3,(H2,12,14)(H,15,16). The summed E-state index contributed by atoms with van der Waals surface area (Å²) in [5.41, 5.74) is 5.16. The fourth-order valence-corrected chi connectivity index (χ4v) is 3.64. The molecule has 0 radical (unpaired) electrons. The molecule has 2 aromatic rings. The molecule has 0 aliphatic heterocycles. The molecule has 0 aliphatic carbocycles. The molecule has 0 spiro atoms. The van der Waals surface area contributed by atoms with E-state index >= 15 is 0 Å². The monoisotopic (exact) mass is 330 g/mol. The minimum absolute atomic E-state index is 0.0324. The second-order valence-electron chi connectivity index (χ2n) is 3.97. The SMILES string of the molecule is Cc1oc(C(=O)O)cc1S(=O)(=O)Nc1ccsc1C(N)=O. The van der Waals surface area contributed by atoms with Crippen molar-refractivity contribution in [1.29, 1.82) is 0 Å². The topological polar surface area (TPSA) is 140 Å². The van der Waals surface area contributed by atoms with Crippen molar-refractivity contribution in [3.63, 3.8) is 0 Å². The number of carbonyl (C=O) groups excluding carboxylic acids is 1. The van der Waals surface area contributed by atoms with Gasteiger partial charge in [-0.05, 0) is 18.4 Å². The number of carboxylic acids is 1. The van der Waals surface area contributed by atoms with Crippen LogP contribution < -0.4 is 10.5 Å². The number of carbonyl (C=O) groups is 2. The van der Waals surface area contributed by atoms with E-state index in [0.717, 1.165) is 17.4 Å². The van der Waals surface area contributed by atoms with E-state index in [1.54, 1.807) is 0 Å². The highest BCUT2D eigenvalue weighted by atomic mass is 32.2. The molecule has 4 N–H and O–H groups in total. The van der Waals surface area contributed by atoms with E-state index in [4.69, 9.17) is 15.3 Å². The van der Waals surface area contributed by atoms with Gasteiger partial charge in [-0.1, -0.05) is 0 Å². The first-order valence-corrected chi connectivity index (χ1v) is 7.82. The van der Waals surface area contributed by atoms with Gasteiger partial charge >= 0.3 is 5.97 Å². The van der Waals surface area contributed by atoms with Gasteiger partial charge in [0.05, 0.1) is 5.69 Å². The Labute approximate surface area is 123 Å². The van der Waals surface area contributed by atoms with Crippen LogP contribution in [0.2, 0.25) is 0 Å². The molecule has 2 heterocycles. The Bertz CT molecular complexity index is 818. The van der Waals surface area contributed by atoms with Crippen LogP contribution in [0.1, 0.15) is 26.0 Å². The van der Waals surface area contributed by atoms with Gasteiger partial charge in [-0.2, -0.15) is 0 Å². The lowest BCUT2D eigenvalue weighted by molar-refractivity contribution is 0.0660. The average Bonchev–Trinajstić information content (AvgIpc) is 2.95. The number of thiophene rings is 1. The highest BCUT2D eigenvalue weighted by Gasteiger charge is 2.25. The number of amides is 1. The summed E-state index contributed by atoms with van der Waals surface area (Å²) in [6, 6.07) is 2.28. The molecule has 0 bridgehead atoms. The summed E-state index contributed by atoms with van der Waals surface area (Å²) >= 11 is 0.989. The Morgan fingerprint density at radius 3 is 2.62 bits per heavy atom. The normalized spacial score (nSPS) is 11.3. The van der Waals surface area contributed by atoms with Crippen molar-refractivity contribution in [2.24, 2.45) is 5.73 Å². The van der Waals surface area contributed by atoms with Gasteiger partial charge in [0.2, 0.25) is 5.76 Å². The maximum atomic E-state index is 12.2. The maximum absolute atomic E-state index is 12.2. The first-order valence-electron chi connectivity index (χ1n) is 5.46. The molecule has 0 aliphatic rings. The molecule has 0 unspecified atom stereocenters. The minimum atomic E-state index is -4.09. The van der Waals surface area contributed by atoms with Crippen molar-refractivity contribution in [2.75, 3.05) is 4.72 Å². The van der Waals surface area contributed by atoms with Crippen molar-refractivity contribution < 1.29 is 27.5 Å².